The van der Waals surface area contributed by atoms with Crippen molar-refractivity contribution in [2.45, 2.75) is 23.7 Å². The molecule has 2 N–H and O–H groups in total. The number of nitrogens with zero attached hydrogens (tertiary/aromatic N) is 3. The number of hydrogen-bond donors (Lipinski definition) is 2. The second kappa shape index (κ2) is 5.39. The molecule has 20 heavy (non-hydrogen) atoms. The van der Waals surface area contributed by atoms with Gasteiger partial charge in [-0.1, -0.05) is 0 Å². The fourth-order valence-corrected chi connectivity index (χ4v) is 3.65. The summed E-state index contributed by atoms with van der Waals surface area (Å²) in [6.45, 7) is 2.51. The van der Waals surface area contributed by atoms with E-state index < -0.39 is 0 Å². The van der Waals surface area contributed by atoms with Crippen LogP contribution in [0.1, 0.15) is 11.4 Å². The minimum atomic E-state index is -0.142. The summed E-state index contributed by atoms with van der Waals surface area (Å²) >= 11 is 2.96. The van der Waals surface area contributed by atoms with E-state index in [2.05, 4.69) is 24.7 Å². The predicted molar refractivity (Wildman–Crippen MR) is 79.6 cm³/mol. The average molecular weight is 307 g/mol. The molecule has 3 aromatic rings. The first-order chi connectivity index (χ1) is 9.67. The molecular formula is C12H13N5OS2. The van der Waals surface area contributed by atoms with Gasteiger partial charge in [-0.15, -0.1) is 11.3 Å². The number of fused-ring (bicyclic) bond motifs is 1. The van der Waals surface area contributed by atoms with Gasteiger partial charge in [-0.25, -0.2) is 9.97 Å². The molecular weight excluding hydrogens is 294 g/mol. The normalized spacial score (nSPS) is 11.3. The van der Waals surface area contributed by atoms with Crippen LogP contribution in [0.3, 0.4) is 0 Å². The fraction of sp³-hybridized carbons (Fsp3) is 0.250. The van der Waals surface area contributed by atoms with E-state index in [4.69, 9.17) is 0 Å². The zero-order chi connectivity index (χ0) is 14.1. The molecule has 6 nitrogen and oxygen atoms in total. The third kappa shape index (κ3) is 2.49. The molecule has 0 spiro atoms. The van der Waals surface area contributed by atoms with Gasteiger partial charge in [0.2, 0.25) is 0 Å². The number of rotatable bonds is 4. The maximum absolute atomic E-state index is 11.5. The van der Waals surface area contributed by atoms with Crippen molar-refractivity contribution in [3.05, 3.63) is 39.4 Å². The lowest BCUT2D eigenvalue weighted by molar-refractivity contribution is 0.764. The molecule has 0 fully saturated rings. The van der Waals surface area contributed by atoms with E-state index in [1.165, 1.54) is 17.8 Å². The Balaban J connectivity index is 2.03. The Labute approximate surface area is 123 Å². The van der Waals surface area contributed by atoms with E-state index >= 15 is 0 Å². The van der Waals surface area contributed by atoms with Gasteiger partial charge in [0.1, 0.15) is 5.03 Å². The highest BCUT2D eigenvalue weighted by atomic mass is 32.2. The minimum Gasteiger partial charge on any atom is -0.314 e. The lowest BCUT2D eigenvalue weighted by Gasteiger charge is -2.03. The summed E-state index contributed by atoms with van der Waals surface area (Å²) in [6, 6.07) is 1.48. The number of thiazole rings is 1. The maximum atomic E-state index is 11.5. The molecule has 0 aliphatic carbocycles. The Kier molecular flexibility index (Phi) is 3.60. The highest BCUT2D eigenvalue weighted by molar-refractivity contribution is 7.99. The largest absolute Gasteiger partial charge is 0.314 e. The Morgan fingerprint density at radius 1 is 1.50 bits per heavy atom. The van der Waals surface area contributed by atoms with E-state index in [1.807, 2.05) is 18.6 Å². The molecule has 8 heteroatoms. The van der Waals surface area contributed by atoms with Crippen LogP contribution < -0.4 is 10.9 Å². The summed E-state index contributed by atoms with van der Waals surface area (Å²) in [5.41, 5.74) is 1.63. The van der Waals surface area contributed by atoms with Crippen LogP contribution in [0.2, 0.25) is 0 Å². The number of aromatic amines is 1. The van der Waals surface area contributed by atoms with Gasteiger partial charge in [-0.2, -0.15) is 0 Å². The topological polar surface area (TPSA) is 75.1 Å². The first kappa shape index (κ1) is 13.3. The molecule has 0 aliphatic heterocycles. The molecule has 3 heterocycles. The number of aryl methyl sites for hydroxylation is 1. The predicted octanol–water partition coefficient (Wildman–Crippen LogP) is 1.66. The van der Waals surface area contributed by atoms with E-state index in [0.29, 0.717) is 17.4 Å². The standard InChI is InChI=1S/C12H13N5OS2/c1-7-5-9(18)15-11(14-7)20-10-8(6-13-2)17-3-4-19-12(17)16-10/h3-5,13H,6H2,1-2H3,(H,14,15,18). The zero-order valence-electron chi connectivity index (χ0n) is 11.0. The number of imidazole rings is 1. The van der Waals surface area contributed by atoms with E-state index in [-0.39, 0.29) is 5.56 Å². The summed E-state index contributed by atoms with van der Waals surface area (Å²) in [5.74, 6) is 0. The Morgan fingerprint density at radius 3 is 3.10 bits per heavy atom. The number of nitrogens with one attached hydrogen (secondary N) is 2. The van der Waals surface area contributed by atoms with Crippen molar-refractivity contribution in [2.24, 2.45) is 0 Å². The van der Waals surface area contributed by atoms with Gasteiger partial charge < -0.3 is 10.3 Å². The molecule has 104 valence electrons. The molecule has 0 aromatic carbocycles. The number of H-pyrrole nitrogens is 1. The van der Waals surface area contributed by atoms with Crippen LogP contribution in [-0.4, -0.2) is 26.4 Å². The summed E-state index contributed by atoms with van der Waals surface area (Å²) in [5, 5.41) is 6.57. The lowest BCUT2D eigenvalue weighted by Crippen LogP contribution is -2.10. The van der Waals surface area contributed by atoms with Crippen molar-refractivity contribution in [3.8, 4) is 0 Å². The van der Waals surface area contributed by atoms with Crippen LogP contribution in [-0.2, 0) is 6.54 Å². The highest BCUT2D eigenvalue weighted by Crippen LogP contribution is 2.29. The van der Waals surface area contributed by atoms with Crippen LogP contribution in [0, 0.1) is 6.92 Å². The second-order valence-corrected chi connectivity index (χ2v) is 6.09. The van der Waals surface area contributed by atoms with Crippen molar-refractivity contribution >= 4 is 28.1 Å². The van der Waals surface area contributed by atoms with Crippen molar-refractivity contribution < 1.29 is 0 Å². The summed E-state index contributed by atoms with van der Waals surface area (Å²) < 4.78 is 2.05. The Hall–Kier alpha value is -1.64. The molecule has 0 saturated heterocycles. The second-order valence-electron chi connectivity index (χ2n) is 4.24. The van der Waals surface area contributed by atoms with Gasteiger partial charge in [-0.05, 0) is 25.7 Å². The van der Waals surface area contributed by atoms with Crippen molar-refractivity contribution in [1.29, 1.82) is 0 Å². The summed E-state index contributed by atoms with van der Waals surface area (Å²) in [6.07, 6.45) is 2.00. The molecule has 0 bridgehead atoms. The maximum Gasteiger partial charge on any atom is 0.251 e. The highest BCUT2D eigenvalue weighted by Gasteiger charge is 2.14. The number of hydrogen-bond acceptors (Lipinski definition) is 6. The first-order valence-corrected chi connectivity index (χ1v) is 7.72. The molecule has 3 rings (SSSR count). The summed E-state index contributed by atoms with van der Waals surface area (Å²) in [7, 11) is 1.90. The average Bonchev–Trinajstić information content (AvgIpc) is 2.92. The third-order valence-corrected chi connectivity index (χ3v) is 4.37. The molecule has 0 amide bonds. The number of aromatic nitrogens is 4. The van der Waals surface area contributed by atoms with Crippen LogP contribution in [0.5, 0.6) is 0 Å². The molecule has 0 radical (unpaired) electrons. The molecule has 3 aromatic heterocycles. The Bertz CT molecular complexity index is 804. The fourth-order valence-electron chi connectivity index (χ4n) is 1.91. The Morgan fingerprint density at radius 2 is 2.35 bits per heavy atom. The third-order valence-electron chi connectivity index (χ3n) is 2.71. The van der Waals surface area contributed by atoms with E-state index in [1.54, 1.807) is 18.3 Å². The van der Waals surface area contributed by atoms with Crippen molar-refractivity contribution in [3.63, 3.8) is 0 Å². The SMILES string of the molecule is CNCc1c(Sc2nc(C)cc(=O)[nH]2)nc2sccn12. The molecule has 0 saturated carbocycles. The van der Waals surface area contributed by atoms with Crippen LogP contribution >= 0.6 is 23.1 Å². The van der Waals surface area contributed by atoms with Gasteiger partial charge in [0.05, 0.1) is 5.69 Å². The summed E-state index contributed by atoms with van der Waals surface area (Å²) in [4.78, 5) is 24.1. The van der Waals surface area contributed by atoms with Crippen LogP contribution in [0.25, 0.3) is 4.96 Å². The van der Waals surface area contributed by atoms with Gasteiger partial charge in [0.15, 0.2) is 10.1 Å². The van der Waals surface area contributed by atoms with Gasteiger partial charge in [-0.3, -0.25) is 9.20 Å². The molecule has 0 aliphatic rings. The lowest BCUT2D eigenvalue weighted by atomic mass is 10.5. The van der Waals surface area contributed by atoms with Crippen LogP contribution in [0.4, 0.5) is 0 Å². The smallest absolute Gasteiger partial charge is 0.251 e. The first-order valence-electron chi connectivity index (χ1n) is 6.02. The monoisotopic (exact) mass is 307 g/mol. The minimum absolute atomic E-state index is 0.142. The van der Waals surface area contributed by atoms with Gasteiger partial charge in [0.25, 0.3) is 5.56 Å². The van der Waals surface area contributed by atoms with E-state index in [0.717, 1.165) is 15.7 Å². The molecule has 0 unspecified atom stereocenters. The van der Waals surface area contributed by atoms with Crippen LogP contribution in [0.15, 0.2) is 32.6 Å². The van der Waals surface area contributed by atoms with Crippen molar-refractivity contribution in [2.75, 3.05) is 7.05 Å². The zero-order valence-corrected chi connectivity index (χ0v) is 12.6. The quantitative estimate of drug-likeness (QED) is 0.717. The van der Waals surface area contributed by atoms with Gasteiger partial charge >= 0.3 is 0 Å². The molecule has 0 atom stereocenters. The van der Waals surface area contributed by atoms with E-state index in [9.17, 15) is 4.79 Å². The van der Waals surface area contributed by atoms with Gasteiger partial charge in [0, 0.05) is 29.9 Å². The van der Waals surface area contributed by atoms with Crippen molar-refractivity contribution in [1.82, 2.24) is 24.7 Å².